The Kier molecular flexibility index (Phi) is 6.21. The fourth-order valence-electron chi connectivity index (χ4n) is 2.96. The zero-order chi connectivity index (χ0) is 20.1. The van der Waals surface area contributed by atoms with Crippen molar-refractivity contribution in [3.8, 4) is 0 Å². The van der Waals surface area contributed by atoms with Crippen molar-refractivity contribution in [2.45, 2.75) is 13.3 Å². The van der Waals surface area contributed by atoms with Crippen molar-refractivity contribution >= 4 is 33.6 Å². The van der Waals surface area contributed by atoms with E-state index in [2.05, 4.69) is 20.9 Å². The highest BCUT2D eigenvalue weighted by Crippen LogP contribution is 2.23. The third-order valence-electron chi connectivity index (χ3n) is 4.41. The largest absolute Gasteiger partial charge is 0.366 e. The summed E-state index contributed by atoms with van der Waals surface area (Å²) >= 11 is 3.47. The van der Waals surface area contributed by atoms with Crippen molar-refractivity contribution in [1.82, 2.24) is 4.98 Å². The molecule has 1 aromatic heterocycles. The van der Waals surface area contributed by atoms with E-state index in [4.69, 9.17) is 5.73 Å². The SMILES string of the molecule is CCN(C(=O)c1cc(Br)ccc1Cc1ccccc1)c1ccc(C(N)=O)cn1. The summed E-state index contributed by atoms with van der Waals surface area (Å²) < 4.78 is 0.834. The second-order valence-electron chi connectivity index (χ2n) is 6.28. The Morgan fingerprint density at radius 3 is 2.43 bits per heavy atom. The number of carbonyl (C=O) groups excluding carboxylic acids is 2. The van der Waals surface area contributed by atoms with Gasteiger partial charge < -0.3 is 5.73 Å². The zero-order valence-corrected chi connectivity index (χ0v) is 17.0. The molecule has 0 aliphatic rings. The number of aromatic nitrogens is 1. The predicted molar refractivity (Wildman–Crippen MR) is 113 cm³/mol. The fourth-order valence-corrected chi connectivity index (χ4v) is 3.33. The van der Waals surface area contributed by atoms with Gasteiger partial charge in [-0.25, -0.2) is 4.98 Å². The number of amides is 2. The molecule has 28 heavy (non-hydrogen) atoms. The zero-order valence-electron chi connectivity index (χ0n) is 15.4. The maximum absolute atomic E-state index is 13.3. The maximum atomic E-state index is 13.3. The quantitative estimate of drug-likeness (QED) is 0.627. The number of rotatable bonds is 6. The molecule has 5 nitrogen and oxygen atoms in total. The van der Waals surface area contributed by atoms with Crippen LogP contribution in [0.1, 0.15) is 38.8 Å². The Morgan fingerprint density at radius 2 is 1.82 bits per heavy atom. The molecular weight excluding hydrogens is 418 g/mol. The van der Waals surface area contributed by atoms with Crippen LogP contribution in [0.5, 0.6) is 0 Å². The molecule has 0 unspecified atom stereocenters. The molecule has 0 spiro atoms. The summed E-state index contributed by atoms with van der Waals surface area (Å²) in [6.45, 7) is 2.33. The summed E-state index contributed by atoms with van der Waals surface area (Å²) in [5.74, 6) is -0.220. The minimum absolute atomic E-state index is 0.144. The molecule has 0 saturated heterocycles. The predicted octanol–water partition coefficient (Wildman–Crippen LogP) is 4.20. The monoisotopic (exact) mass is 437 g/mol. The number of pyridine rings is 1. The Morgan fingerprint density at radius 1 is 1.07 bits per heavy atom. The minimum atomic E-state index is -0.550. The molecule has 3 rings (SSSR count). The van der Waals surface area contributed by atoms with Crippen LogP contribution in [0.3, 0.4) is 0 Å². The van der Waals surface area contributed by atoms with E-state index in [1.807, 2.05) is 55.5 Å². The van der Waals surface area contributed by atoms with E-state index < -0.39 is 5.91 Å². The van der Waals surface area contributed by atoms with Crippen LogP contribution < -0.4 is 10.6 Å². The maximum Gasteiger partial charge on any atom is 0.259 e. The van der Waals surface area contributed by atoms with Crippen LogP contribution in [0.4, 0.5) is 5.82 Å². The van der Waals surface area contributed by atoms with Gasteiger partial charge >= 0.3 is 0 Å². The minimum Gasteiger partial charge on any atom is -0.366 e. The van der Waals surface area contributed by atoms with Crippen LogP contribution in [0.25, 0.3) is 0 Å². The molecule has 0 bridgehead atoms. The topological polar surface area (TPSA) is 76.3 Å². The lowest BCUT2D eigenvalue weighted by Crippen LogP contribution is -2.32. The molecule has 142 valence electrons. The van der Waals surface area contributed by atoms with Crippen molar-refractivity contribution in [2.24, 2.45) is 5.73 Å². The lowest BCUT2D eigenvalue weighted by atomic mass is 9.99. The molecule has 2 amide bonds. The molecule has 0 atom stereocenters. The highest BCUT2D eigenvalue weighted by Gasteiger charge is 2.21. The molecular formula is C22H20BrN3O2. The van der Waals surface area contributed by atoms with Gasteiger partial charge in [0.1, 0.15) is 5.82 Å². The summed E-state index contributed by atoms with van der Waals surface area (Å²) in [6.07, 6.45) is 2.04. The first-order chi connectivity index (χ1) is 13.5. The smallest absolute Gasteiger partial charge is 0.259 e. The number of nitrogens with zero attached hydrogens (tertiary/aromatic N) is 2. The lowest BCUT2D eigenvalue weighted by Gasteiger charge is -2.22. The van der Waals surface area contributed by atoms with Crippen molar-refractivity contribution in [1.29, 1.82) is 0 Å². The summed E-state index contributed by atoms with van der Waals surface area (Å²) in [6, 6.07) is 19.0. The van der Waals surface area contributed by atoms with Gasteiger partial charge in [-0.05, 0) is 48.7 Å². The van der Waals surface area contributed by atoms with E-state index in [9.17, 15) is 9.59 Å². The number of primary amides is 1. The van der Waals surface area contributed by atoms with Crippen molar-refractivity contribution in [3.63, 3.8) is 0 Å². The summed E-state index contributed by atoms with van der Waals surface area (Å²) in [4.78, 5) is 30.4. The second kappa shape index (κ2) is 8.80. The highest BCUT2D eigenvalue weighted by molar-refractivity contribution is 9.10. The number of hydrogen-bond acceptors (Lipinski definition) is 3. The Hall–Kier alpha value is -2.99. The summed E-state index contributed by atoms with van der Waals surface area (Å²) in [7, 11) is 0. The number of hydrogen-bond donors (Lipinski definition) is 1. The molecule has 0 fully saturated rings. The molecule has 6 heteroatoms. The fraction of sp³-hybridized carbons (Fsp3) is 0.136. The third-order valence-corrected chi connectivity index (χ3v) is 4.90. The van der Waals surface area contributed by atoms with Gasteiger partial charge in [0.2, 0.25) is 5.91 Å². The van der Waals surface area contributed by atoms with Gasteiger partial charge in [0.05, 0.1) is 5.56 Å². The van der Waals surface area contributed by atoms with Crippen LogP contribution in [-0.4, -0.2) is 23.3 Å². The summed E-state index contributed by atoms with van der Waals surface area (Å²) in [5, 5.41) is 0. The van der Waals surface area contributed by atoms with E-state index in [0.29, 0.717) is 29.9 Å². The van der Waals surface area contributed by atoms with Gasteiger partial charge in [-0.15, -0.1) is 0 Å². The molecule has 0 saturated carbocycles. The van der Waals surface area contributed by atoms with Crippen LogP contribution in [0.2, 0.25) is 0 Å². The van der Waals surface area contributed by atoms with E-state index in [1.165, 1.54) is 6.20 Å². The van der Waals surface area contributed by atoms with Gasteiger partial charge in [-0.1, -0.05) is 52.3 Å². The lowest BCUT2D eigenvalue weighted by molar-refractivity contribution is 0.0984. The second-order valence-corrected chi connectivity index (χ2v) is 7.20. The van der Waals surface area contributed by atoms with Gasteiger partial charge in [-0.2, -0.15) is 0 Å². The highest BCUT2D eigenvalue weighted by atomic mass is 79.9. The molecule has 1 heterocycles. The molecule has 0 aliphatic heterocycles. The number of benzene rings is 2. The van der Waals surface area contributed by atoms with Crippen LogP contribution in [0, 0.1) is 0 Å². The molecule has 0 radical (unpaired) electrons. The van der Waals surface area contributed by atoms with Crippen molar-refractivity contribution in [2.75, 3.05) is 11.4 Å². The Bertz CT molecular complexity index is 988. The first-order valence-electron chi connectivity index (χ1n) is 8.89. The van der Waals surface area contributed by atoms with Crippen LogP contribution in [-0.2, 0) is 6.42 Å². The van der Waals surface area contributed by atoms with Gasteiger partial charge in [0, 0.05) is 22.8 Å². The number of anilines is 1. The van der Waals surface area contributed by atoms with Crippen LogP contribution >= 0.6 is 15.9 Å². The van der Waals surface area contributed by atoms with Crippen molar-refractivity contribution in [3.05, 3.63) is 93.6 Å². The van der Waals surface area contributed by atoms with Gasteiger partial charge in [0.25, 0.3) is 5.91 Å². The Balaban J connectivity index is 1.95. The normalized spacial score (nSPS) is 10.5. The van der Waals surface area contributed by atoms with E-state index in [-0.39, 0.29) is 5.91 Å². The molecule has 2 N–H and O–H groups in total. The van der Waals surface area contributed by atoms with E-state index in [1.54, 1.807) is 17.0 Å². The first-order valence-corrected chi connectivity index (χ1v) is 9.69. The standard InChI is InChI=1S/C22H20BrN3O2/c1-2-26(20-11-9-17(14-25-20)21(24)27)22(28)19-13-18(23)10-8-16(19)12-15-6-4-3-5-7-15/h3-11,13-14H,2,12H2,1H3,(H2,24,27). The van der Waals surface area contributed by atoms with Gasteiger partial charge in [0.15, 0.2) is 0 Å². The summed E-state index contributed by atoms with van der Waals surface area (Å²) in [5.41, 5.74) is 8.25. The van der Waals surface area contributed by atoms with Crippen LogP contribution in [0.15, 0.2) is 71.3 Å². The molecule has 3 aromatic rings. The number of nitrogens with two attached hydrogens (primary N) is 1. The van der Waals surface area contributed by atoms with E-state index in [0.717, 1.165) is 15.6 Å². The number of halogens is 1. The number of carbonyl (C=O) groups is 2. The molecule has 2 aromatic carbocycles. The third kappa shape index (κ3) is 4.46. The molecule has 0 aliphatic carbocycles. The first kappa shape index (κ1) is 19.8. The van der Waals surface area contributed by atoms with E-state index >= 15 is 0 Å². The van der Waals surface area contributed by atoms with Gasteiger partial charge in [-0.3, -0.25) is 14.5 Å². The average Bonchev–Trinajstić information content (AvgIpc) is 2.71. The van der Waals surface area contributed by atoms with Crippen molar-refractivity contribution < 1.29 is 9.59 Å². The Labute approximate surface area is 172 Å². The average molecular weight is 438 g/mol.